The van der Waals surface area contributed by atoms with Crippen LogP contribution in [0.3, 0.4) is 0 Å². The number of anilines is 1. The van der Waals surface area contributed by atoms with Crippen molar-refractivity contribution in [3.05, 3.63) is 50.4 Å². The number of halogens is 1. The fourth-order valence-electron chi connectivity index (χ4n) is 1.95. The third-order valence-electron chi connectivity index (χ3n) is 2.89. The fraction of sp³-hybridized carbons (Fsp3) is 0.154. The minimum absolute atomic E-state index is 0.0895. The Balaban J connectivity index is 2.06. The molecule has 0 fully saturated rings. The first kappa shape index (κ1) is 13.3. The Morgan fingerprint density at radius 3 is 3.05 bits per heavy atom. The normalized spacial score (nSPS) is 10.9. The quantitative estimate of drug-likeness (QED) is 0.788. The fourth-order valence-corrected chi connectivity index (χ4v) is 3.11. The number of hydrogen-bond donors (Lipinski definition) is 1. The maximum Gasteiger partial charge on any atom is 0.265 e. The first-order valence-electron chi connectivity index (χ1n) is 5.96. The Bertz CT molecular complexity index is 827. The van der Waals surface area contributed by atoms with Gasteiger partial charge in [-0.3, -0.25) is 4.79 Å². The molecule has 0 unspecified atom stereocenters. The largest absolute Gasteiger partial charge is 0.372 e. The zero-order valence-electron chi connectivity index (χ0n) is 10.6. The molecule has 0 atom stereocenters. The van der Waals surface area contributed by atoms with E-state index < -0.39 is 0 Å². The number of thiophene rings is 1. The minimum Gasteiger partial charge on any atom is -0.372 e. The lowest BCUT2D eigenvalue weighted by Crippen LogP contribution is -2.21. The summed E-state index contributed by atoms with van der Waals surface area (Å²) in [6.45, 7) is 0.348. The van der Waals surface area contributed by atoms with Crippen molar-refractivity contribution in [2.45, 2.75) is 6.54 Å². The summed E-state index contributed by atoms with van der Waals surface area (Å²) < 4.78 is 2.12. The van der Waals surface area contributed by atoms with Gasteiger partial charge in [0.2, 0.25) is 0 Å². The minimum atomic E-state index is -0.0895. The van der Waals surface area contributed by atoms with Crippen LogP contribution in [0, 0.1) is 0 Å². The second-order valence-electron chi connectivity index (χ2n) is 4.17. The van der Waals surface area contributed by atoms with E-state index in [4.69, 9.17) is 0 Å². The predicted octanol–water partition coefficient (Wildman–Crippen LogP) is 2.71. The number of rotatable bonds is 3. The Morgan fingerprint density at radius 2 is 2.25 bits per heavy atom. The molecule has 3 heterocycles. The van der Waals surface area contributed by atoms with Gasteiger partial charge in [0.25, 0.3) is 5.56 Å². The highest BCUT2D eigenvalue weighted by atomic mass is 79.9. The lowest BCUT2D eigenvalue weighted by Gasteiger charge is -2.07. The molecule has 5 nitrogen and oxygen atoms in total. The number of fused-ring (bicyclic) bond motifs is 1. The molecule has 3 rings (SSSR count). The van der Waals surface area contributed by atoms with Crippen LogP contribution in [0.1, 0.15) is 5.82 Å². The maximum absolute atomic E-state index is 12.0. The van der Waals surface area contributed by atoms with Crippen molar-refractivity contribution in [1.29, 1.82) is 0 Å². The standard InChI is InChI=1S/C13H11BrN4OS/c1-15-11-8-4-6-20-12(8)17-10(16-11)7-18-5-2-3-9(14)13(18)19/h2-6H,7H2,1H3,(H,15,16,17). The van der Waals surface area contributed by atoms with E-state index in [2.05, 4.69) is 31.2 Å². The summed E-state index contributed by atoms with van der Waals surface area (Å²) in [4.78, 5) is 21.9. The number of nitrogens with zero attached hydrogens (tertiary/aromatic N) is 3. The maximum atomic E-state index is 12.0. The molecule has 3 aromatic heterocycles. The van der Waals surface area contributed by atoms with Crippen LogP contribution in [0.2, 0.25) is 0 Å². The Labute approximate surface area is 127 Å². The van der Waals surface area contributed by atoms with Crippen molar-refractivity contribution in [3.8, 4) is 0 Å². The highest BCUT2D eigenvalue weighted by Gasteiger charge is 2.09. The van der Waals surface area contributed by atoms with E-state index >= 15 is 0 Å². The summed E-state index contributed by atoms with van der Waals surface area (Å²) in [6.07, 6.45) is 1.73. The molecule has 7 heteroatoms. The van der Waals surface area contributed by atoms with Crippen LogP contribution in [0.25, 0.3) is 10.2 Å². The average Bonchev–Trinajstić information content (AvgIpc) is 2.91. The van der Waals surface area contributed by atoms with Crippen LogP contribution in [-0.4, -0.2) is 21.6 Å². The molecule has 0 bridgehead atoms. The molecule has 0 saturated carbocycles. The lowest BCUT2D eigenvalue weighted by molar-refractivity contribution is 0.717. The SMILES string of the molecule is CNc1nc(Cn2cccc(Br)c2=O)nc2sccc12. The van der Waals surface area contributed by atoms with Gasteiger partial charge in [0.15, 0.2) is 5.82 Å². The summed E-state index contributed by atoms with van der Waals surface area (Å²) in [5, 5.41) is 6.05. The molecule has 3 aromatic rings. The molecule has 0 spiro atoms. The molecule has 0 radical (unpaired) electrons. The van der Waals surface area contributed by atoms with Crippen molar-refractivity contribution < 1.29 is 0 Å². The van der Waals surface area contributed by atoms with E-state index in [9.17, 15) is 4.79 Å². The Morgan fingerprint density at radius 1 is 1.40 bits per heavy atom. The highest BCUT2D eigenvalue weighted by Crippen LogP contribution is 2.24. The molecular formula is C13H11BrN4OS. The zero-order chi connectivity index (χ0) is 14.1. The molecule has 0 aliphatic carbocycles. The molecule has 0 aromatic carbocycles. The van der Waals surface area contributed by atoms with Gasteiger partial charge in [-0.1, -0.05) is 0 Å². The summed E-state index contributed by atoms with van der Waals surface area (Å²) in [5.74, 6) is 1.40. The Hall–Kier alpha value is -1.73. The van der Waals surface area contributed by atoms with E-state index in [0.717, 1.165) is 16.0 Å². The van der Waals surface area contributed by atoms with Gasteiger partial charge >= 0.3 is 0 Å². The van der Waals surface area contributed by atoms with Crippen LogP contribution in [-0.2, 0) is 6.54 Å². The average molecular weight is 351 g/mol. The molecule has 0 aliphatic heterocycles. The van der Waals surface area contributed by atoms with Gasteiger partial charge in [0, 0.05) is 13.2 Å². The van der Waals surface area contributed by atoms with Gasteiger partial charge in [-0.15, -0.1) is 11.3 Å². The van der Waals surface area contributed by atoms with Crippen LogP contribution in [0.4, 0.5) is 5.82 Å². The molecule has 102 valence electrons. The van der Waals surface area contributed by atoms with E-state index in [1.165, 1.54) is 0 Å². The molecular weight excluding hydrogens is 340 g/mol. The second-order valence-corrected chi connectivity index (χ2v) is 5.92. The van der Waals surface area contributed by atoms with Crippen LogP contribution in [0.15, 0.2) is 39.0 Å². The van der Waals surface area contributed by atoms with Crippen molar-refractivity contribution in [3.63, 3.8) is 0 Å². The number of aromatic nitrogens is 3. The van der Waals surface area contributed by atoms with Crippen LogP contribution >= 0.6 is 27.3 Å². The van der Waals surface area contributed by atoms with Gasteiger partial charge in [-0.25, -0.2) is 9.97 Å². The topological polar surface area (TPSA) is 59.8 Å². The molecule has 0 saturated heterocycles. The number of nitrogens with one attached hydrogen (secondary N) is 1. The molecule has 20 heavy (non-hydrogen) atoms. The molecule has 0 aliphatic rings. The summed E-state index contributed by atoms with van der Waals surface area (Å²) in [6, 6.07) is 5.52. The van der Waals surface area contributed by atoms with Gasteiger partial charge < -0.3 is 9.88 Å². The van der Waals surface area contributed by atoms with Gasteiger partial charge in [-0.05, 0) is 39.5 Å². The van der Waals surface area contributed by atoms with Crippen LogP contribution < -0.4 is 10.9 Å². The smallest absolute Gasteiger partial charge is 0.265 e. The predicted molar refractivity (Wildman–Crippen MR) is 84.5 cm³/mol. The summed E-state index contributed by atoms with van der Waals surface area (Å²) in [5.41, 5.74) is -0.0895. The first-order valence-corrected chi connectivity index (χ1v) is 7.63. The third kappa shape index (κ3) is 2.34. The van der Waals surface area contributed by atoms with Crippen molar-refractivity contribution in [2.75, 3.05) is 12.4 Å². The van der Waals surface area contributed by atoms with E-state index in [0.29, 0.717) is 16.8 Å². The first-order chi connectivity index (χ1) is 9.69. The van der Waals surface area contributed by atoms with Gasteiger partial charge in [0.05, 0.1) is 16.4 Å². The highest BCUT2D eigenvalue weighted by molar-refractivity contribution is 9.10. The molecule has 0 amide bonds. The van der Waals surface area contributed by atoms with Gasteiger partial charge in [-0.2, -0.15) is 0 Å². The third-order valence-corrected chi connectivity index (χ3v) is 4.30. The van der Waals surface area contributed by atoms with Crippen molar-refractivity contribution in [1.82, 2.24) is 14.5 Å². The van der Waals surface area contributed by atoms with Crippen LogP contribution in [0.5, 0.6) is 0 Å². The lowest BCUT2D eigenvalue weighted by atomic mass is 10.3. The van der Waals surface area contributed by atoms with E-state index in [-0.39, 0.29) is 5.56 Å². The summed E-state index contributed by atoms with van der Waals surface area (Å²) in [7, 11) is 1.83. The second kappa shape index (κ2) is 5.34. The molecule has 1 N–H and O–H groups in total. The van der Waals surface area contributed by atoms with E-state index in [1.807, 2.05) is 24.6 Å². The number of hydrogen-bond acceptors (Lipinski definition) is 5. The van der Waals surface area contributed by atoms with Gasteiger partial charge in [0.1, 0.15) is 10.6 Å². The Kier molecular flexibility index (Phi) is 3.54. The summed E-state index contributed by atoms with van der Waals surface area (Å²) >= 11 is 4.80. The van der Waals surface area contributed by atoms with Crippen molar-refractivity contribution in [2.24, 2.45) is 0 Å². The van der Waals surface area contributed by atoms with E-state index in [1.54, 1.807) is 28.2 Å². The zero-order valence-corrected chi connectivity index (χ0v) is 13.0. The number of pyridine rings is 1. The monoisotopic (exact) mass is 350 g/mol. The van der Waals surface area contributed by atoms with Crippen molar-refractivity contribution >= 4 is 43.3 Å².